The van der Waals surface area contributed by atoms with Crippen molar-refractivity contribution in [2.24, 2.45) is 0 Å². The highest BCUT2D eigenvalue weighted by molar-refractivity contribution is 7.90. The molecule has 0 atom stereocenters. The Morgan fingerprint density at radius 2 is 1.73 bits per heavy atom. The van der Waals surface area contributed by atoms with E-state index in [0.29, 0.717) is 4.09 Å². The fourth-order valence-corrected chi connectivity index (χ4v) is 4.35. The summed E-state index contributed by atoms with van der Waals surface area (Å²) >= 11 is 5.82. The molecule has 3 aromatic rings. The van der Waals surface area contributed by atoms with Crippen molar-refractivity contribution in [1.82, 2.24) is 14.2 Å². The lowest BCUT2D eigenvalue weighted by Gasteiger charge is -2.14. The largest absolute Gasteiger partial charge is 0.493 e. The van der Waals surface area contributed by atoms with Gasteiger partial charge < -0.3 is 18.9 Å². The molecule has 12 nitrogen and oxygen atoms in total. The van der Waals surface area contributed by atoms with Gasteiger partial charge in [-0.2, -0.15) is 13.4 Å². The molecule has 0 saturated heterocycles. The van der Waals surface area contributed by atoms with Gasteiger partial charge >= 0.3 is 6.01 Å². The summed E-state index contributed by atoms with van der Waals surface area (Å²) in [5.41, 5.74) is -0.327. The molecule has 0 unspecified atom stereocenters. The molecule has 0 saturated carbocycles. The summed E-state index contributed by atoms with van der Waals surface area (Å²) in [6.07, 6.45) is 0. The van der Waals surface area contributed by atoms with Crippen LogP contribution in [0.1, 0.15) is 6.92 Å². The summed E-state index contributed by atoms with van der Waals surface area (Å²) < 4.78 is 48.7. The van der Waals surface area contributed by atoms with Crippen molar-refractivity contribution in [2.45, 2.75) is 11.8 Å². The molecular weight excluding hydrogens is 480 g/mol. The molecule has 3 rings (SSSR count). The zero-order valence-electron chi connectivity index (χ0n) is 17.9. The normalized spacial score (nSPS) is 11.2. The predicted molar refractivity (Wildman–Crippen MR) is 117 cm³/mol. The standard InChI is InChI=1S/C19H19ClN4O8S/c1-5-32-19-21-18(11-8-15(29-2)17(31-4)16(9-11)30-3)23(22-19)33(27,28)12-6-7-13(20)14(10-12)24(25)26/h6-10H,5H2,1-4H3. The predicted octanol–water partition coefficient (Wildman–Crippen LogP) is 3.17. The van der Waals surface area contributed by atoms with Crippen molar-refractivity contribution in [3.8, 4) is 34.6 Å². The van der Waals surface area contributed by atoms with Crippen LogP contribution in [0.2, 0.25) is 5.02 Å². The van der Waals surface area contributed by atoms with Gasteiger partial charge in [0, 0.05) is 11.6 Å². The molecule has 2 aromatic carbocycles. The van der Waals surface area contributed by atoms with Crippen LogP contribution in [0.3, 0.4) is 0 Å². The number of hydrogen-bond donors (Lipinski definition) is 0. The second kappa shape index (κ2) is 9.50. The number of benzene rings is 2. The van der Waals surface area contributed by atoms with Crippen LogP contribution >= 0.6 is 11.6 Å². The quantitative estimate of drug-likeness (QED) is 0.318. The van der Waals surface area contributed by atoms with Crippen molar-refractivity contribution in [3.63, 3.8) is 0 Å². The Labute approximate surface area is 193 Å². The van der Waals surface area contributed by atoms with E-state index in [1.807, 2.05) is 0 Å². The maximum Gasteiger partial charge on any atom is 0.337 e. The maximum absolute atomic E-state index is 13.4. The Hall–Kier alpha value is -3.58. The summed E-state index contributed by atoms with van der Waals surface area (Å²) in [4.78, 5) is 14.2. The number of aromatic nitrogens is 3. The third kappa shape index (κ3) is 4.50. The summed E-state index contributed by atoms with van der Waals surface area (Å²) in [5, 5.41) is 15.0. The molecule has 0 amide bonds. The molecule has 1 heterocycles. The number of rotatable bonds is 9. The highest BCUT2D eigenvalue weighted by Gasteiger charge is 2.29. The highest BCUT2D eigenvalue weighted by atomic mass is 35.5. The maximum atomic E-state index is 13.4. The Kier molecular flexibility index (Phi) is 6.93. The van der Waals surface area contributed by atoms with E-state index in [1.54, 1.807) is 6.92 Å². The molecule has 176 valence electrons. The molecule has 0 bridgehead atoms. The van der Waals surface area contributed by atoms with Gasteiger partial charge in [0.1, 0.15) is 5.02 Å². The zero-order chi connectivity index (χ0) is 24.3. The van der Waals surface area contributed by atoms with Gasteiger partial charge in [0.15, 0.2) is 17.3 Å². The third-order valence-corrected chi connectivity index (χ3v) is 6.27. The second-order valence-corrected chi connectivity index (χ2v) is 8.46. The van der Waals surface area contributed by atoms with E-state index in [1.165, 1.54) is 33.5 Å². The van der Waals surface area contributed by atoms with Crippen molar-refractivity contribution in [1.29, 1.82) is 0 Å². The monoisotopic (exact) mass is 498 g/mol. The minimum atomic E-state index is -4.46. The number of nitro benzene ring substituents is 1. The molecule has 0 N–H and O–H groups in total. The van der Waals surface area contributed by atoms with Crippen molar-refractivity contribution in [2.75, 3.05) is 27.9 Å². The van der Waals surface area contributed by atoms with Crippen LogP contribution < -0.4 is 18.9 Å². The fourth-order valence-electron chi connectivity index (χ4n) is 2.92. The molecule has 14 heteroatoms. The smallest absolute Gasteiger partial charge is 0.337 e. The zero-order valence-corrected chi connectivity index (χ0v) is 19.5. The molecule has 0 aliphatic carbocycles. The first-order valence-corrected chi connectivity index (χ1v) is 11.1. The topological polar surface area (TPSA) is 145 Å². The number of halogens is 1. The first-order chi connectivity index (χ1) is 15.7. The average molecular weight is 499 g/mol. The van der Waals surface area contributed by atoms with E-state index in [9.17, 15) is 18.5 Å². The van der Waals surface area contributed by atoms with Gasteiger partial charge in [-0.15, -0.1) is 4.09 Å². The Morgan fingerprint density at radius 3 is 2.24 bits per heavy atom. The molecule has 0 spiro atoms. The van der Waals surface area contributed by atoms with Crippen LogP contribution in [0.4, 0.5) is 5.69 Å². The van der Waals surface area contributed by atoms with Crippen LogP contribution in [0.5, 0.6) is 23.3 Å². The number of nitro groups is 1. The van der Waals surface area contributed by atoms with Gasteiger partial charge in [0.25, 0.3) is 15.7 Å². The van der Waals surface area contributed by atoms with Gasteiger partial charge in [-0.1, -0.05) is 16.7 Å². The number of ether oxygens (including phenoxy) is 4. The molecule has 0 aliphatic rings. The fraction of sp³-hybridized carbons (Fsp3) is 0.263. The van der Waals surface area contributed by atoms with Crippen molar-refractivity contribution < 1.29 is 32.3 Å². The van der Waals surface area contributed by atoms with E-state index in [4.69, 9.17) is 30.5 Å². The van der Waals surface area contributed by atoms with E-state index < -0.39 is 25.5 Å². The summed E-state index contributed by atoms with van der Waals surface area (Å²) in [5.74, 6) is 0.643. The van der Waals surface area contributed by atoms with E-state index in [0.717, 1.165) is 18.2 Å². The minimum absolute atomic E-state index is 0.143. The van der Waals surface area contributed by atoms with E-state index in [-0.39, 0.29) is 46.3 Å². The number of methoxy groups -OCH3 is 3. The van der Waals surface area contributed by atoms with E-state index >= 15 is 0 Å². The molecule has 1 aromatic heterocycles. The lowest BCUT2D eigenvalue weighted by Crippen LogP contribution is -2.16. The third-order valence-electron chi connectivity index (χ3n) is 4.40. The lowest BCUT2D eigenvalue weighted by molar-refractivity contribution is -0.384. The average Bonchev–Trinajstić information content (AvgIpc) is 3.23. The van der Waals surface area contributed by atoms with Crippen LogP contribution in [0.15, 0.2) is 35.2 Å². The molecule has 33 heavy (non-hydrogen) atoms. The lowest BCUT2D eigenvalue weighted by atomic mass is 10.1. The van der Waals surface area contributed by atoms with Gasteiger partial charge in [0.2, 0.25) is 5.75 Å². The minimum Gasteiger partial charge on any atom is -0.493 e. The number of nitrogens with zero attached hydrogens (tertiary/aromatic N) is 4. The van der Waals surface area contributed by atoms with Crippen LogP contribution in [0, 0.1) is 10.1 Å². The SMILES string of the molecule is CCOc1nc(-c2cc(OC)c(OC)c(OC)c2)n(S(=O)(=O)c2ccc(Cl)c([N+](=O)[O-])c2)n1. The molecule has 0 aliphatic heterocycles. The Balaban J connectivity index is 2.27. The molecular formula is C19H19ClN4O8S. The summed E-state index contributed by atoms with van der Waals surface area (Å²) in [6, 6.07) is 5.85. The summed E-state index contributed by atoms with van der Waals surface area (Å²) in [7, 11) is -0.224. The van der Waals surface area contributed by atoms with E-state index in [2.05, 4.69) is 10.1 Å². The van der Waals surface area contributed by atoms with Crippen LogP contribution in [-0.2, 0) is 10.0 Å². The van der Waals surface area contributed by atoms with Crippen molar-refractivity contribution >= 4 is 27.3 Å². The molecule has 0 fully saturated rings. The molecule has 0 radical (unpaired) electrons. The number of hydrogen-bond acceptors (Lipinski definition) is 10. The van der Waals surface area contributed by atoms with Gasteiger partial charge in [0.05, 0.1) is 37.8 Å². The van der Waals surface area contributed by atoms with Gasteiger partial charge in [-0.25, -0.2) is 0 Å². The Morgan fingerprint density at radius 1 is 1.09 bits per heavy atom. The first kappa shape index (κ1) is 24.1. The highest BCUT2D eigenvalue weighted by Crippen LogP contribution is 2.41. The van der Waals surface area contributed by atoms with Crippen LogP contribution in [0.25, 0.3) is 11.4 Å². The second-order valence-electron chi connectivity index (χ2n) is 6.28. The van der Waals surface area contributed by atoms with Gasteiger partial charge in [-0.3, -0.25) is 10.1 Å². The Bertz CT molecular complexity index is 1280. The van der Waals surface area contributed by atoms with Crippen molar-refractivity contribution in [3.05, 3.63) is 45.5 Å². The van der Waals surface area contributed by atoms with Crippen LogP contribution in [-0.4, -0.2) is 55.4 Å². The van der Waals surface area contributed by atoms with Gasteiger partial charge in [-0.05, 0) is 31.2 Å². The first-order valence-electron chi connectivity index (χ1n) is 9.27. The summed E-state index contributed by atoms with van der Waals surface area (Å²) in [6.45, 7) is 1.85.